The molecule has 114 valence electrons. The Kier molecular flexibility index (Phi) is 7.25. The molecule has 2 heteroatoms. The summed E-state index contributed by atoms with van der Waals surface area (Å²) in [6.45, 7) is 13.0. The molecule has 0 aliphatic rings. The lowest BCUT2D eigenvalue weighted by atomic mass is 9.96. The third-order valence-electron chi connectivity index (χ3n) is 4.09. The molecule has 0 bridgehead atoms. The molecule has 1 unspecified atom stereocenters. The van der Waals surface area contributed by atoms with Crippen LogP contribution in [0.25, 0.3) is 0 Å². The Bertz CT molecular complexity index is 398. The highest BCUT2D eigenvalue weighted by Crippen LogP contribution is 2.26. The van der Waals surface area contributed by atoms with Crippen LogP contribution in [0.15, 0.2) is 18.2 Å². The fourth-order valence-corrected chi connectivity index (χ4v) is 2.96. The number of aryl methyl sites for hydroxylation is 2. The quantitative estimate of drug-likeness (QED) is 0.721. The minimum absolute atomic E-state index is 0.340. The van der Waals surface area contributed by atoms with Crippen molar-refractivity contribution in [3.8, 4) is 0 Å². The van der Waals surface area contributed by atoms with Crippen LogP contribution in [0.4, 0.5) is 0 Å². The van der Waals surface area contributed by atoms with Gasteiger partial charge in [0.05, 0.1) is 0 Å². The lowest BCUT2D eigenvalue weighted by Crippen LogP contribution is -2.39. The van der Waals surface area contributed by atoms with Crippen molar-refractivity contribution in [2.75, 3.05) is 13.1 Å². The first-order valence-electron chi connectivity index (χ1n) is 8.04. The molecule has 0 amide bonds. The summed E-state index contributed by atoms with van der Waals surface area (Å²) >= 11 is 0. The van der Waals surface area contributed by atoms with Crippen LogP contribution in [-0.4, -0.2) is 24.0 Å². The third kappa shape index (κ3) is 4.60. The van der Waals surface area contributed by atoms with Crippen LogP contribution in [0.1, 0.15) is 62.8 Å². The van der Waals surface area contributed by atoms with Gasteiger partial charge in [-0.2, -0.15) is 0 Å². The summed E-state index contributed by atoms with van der Waals surface area (Å²) in [4.78, 5) is 2.56. The molecular formula is C18H32N2. The maximum atomic E-state index is 6.11. The molecule has 2 N–H and O–H groups in total. The van der Waals surface area contributed by atoms with Crippen LogP contribution in [0.5, 0.6) is 0 Å². The van der Waals surface area contributed by atoms with Gasteiger partial charge in [0.2, 0.25) is 0 Å². The summed E-state index contributed by atoms with van der Waals surface area (Å²) in [6, 6.07) is 7.60. The van der Waals surface area contributed by atoms with E-state index < -0.39 is 0 Å². The van der Waals surface area contributed by atoms with Gasteiger partial charge < -0.3 is 5.73 Å². The number of hydrogen-bond donors (Lipinski definition) is 1. The zero-order valence-electron chi connectivity index (χ0n) is 13.9. The Labute approximate surface area is 125 Å². The normalized spacial score (nSPS) is 13.2. The summed E-state index contributed by atoms with van der Waals surface area (Å²) < 4.78 is 0. The molecule has 0 fully saturated rings. The number of benzene rings is 1. The lowest BCUT2D eigenvalue weighted by Gasteiger charge is -2.35. The van der Waals surface area contributed by atoms with E-state index in [1.807, 2.05) is 0 Å². The van der Waals surface area contributed by atoms with Gasteiger partial charge in [-0.3, -0.25) is 4.90 Å². The minimum atomic E-state index is 0.340. The van der Waals surface area contributed by atoms with Gasteiger partial charge in [0.15, 0.2) is 0 Å². The van der Waals surface area contributed by atoms with Gasteiger partial charge in [0.25, 0.3) is 0 Å². The van der Waals surface area contributed by atoms with Crippen molar-refractivity contribution >= 4 is 0 Å². The van der Waals surface area contributed by atoms with E-state index in [9.17, 15) is 0 Å². The van der Waals surface area contributed by atoms with E-state index in [1.54, 1.807) is 0 Å². The number of nitrogens with two attached hydrogens (primary N) is 1. The van der Waals surface area contributed by atoms with Crippen LogP contribution >= 0.6 is 0 Å². The molecule has 0 radical (unpaired) electrons. The van der Waals surface area contributed by atoms with Crippen molar-refractivity contribution in [3.63, 3.8) is 0 Å². The Balaban J connectivity index is 2.94. The van der Waals surface area contributed by atoms with Gasteiger partial charge in [-0.1, -0.05) is 43.5 Å². The van der Waals surface area contributed by atoms with E-state index in [4.69, 9.17) is 5.73 Å². The van der Waals surface area contributed by atoms with Crippen molar-refractivity contribution in [3.05, 3.63) is 34.9 Å². The van der Waals surface area contributed by atoms with E-state index in [0.29, 0.717) is 18.6 Å². The second kappa shape index (κ2) is 8.43. The first-order chi connectivity index (χ1) is 9.51. The number of unbranched alkanes of at least 4 members (excludes halogenated alkanes) is 2. The summed E-state index contributed by atoms with van der Waals surface area (Å²) in [5, 5.41) is 0. The Hall–Kier alpha value is -0.860. The Morgan fingerprint density at radius 3 is 2.35 bits per heavy atom. The summed E-state index contributed by atoms with van der Waals surface area (Å²) in [5.41, 5.74) is 10.2. The first kappa shape index (κ1) is 17.2. The second-order valence-corrected chi connectivity index (χ2v) is 6.15. The zero-order valence-corrected chi connectivity index (χ0v) is 13.9. The largest absolute Gasteiger partial charge is 0.329 e. The molecule has 0 spiro atoms. The minimum Gasteiger partial charge on any atom is -0.329 e. The highest BCUT2D eigenvalue weighted by Gasteiger charge is 2.22. The molecule has 2 nitrogen and oxygen atoms in total. The summed E-state index contributed by atoms with van der Waals surface area (Å²) in [5.74, 6) is 0. The maximum absolute atomic E-state index is 6.11. The molecule has 1 aromatic carbocycles. The van der Waals surface area contributed by atoms with Gasteiger partial charge in [-0.05, 0) is 51.8 Å². The molecule has 1 atom stereocenters. The van der Waals surface area contributed by atoms with Gasteiger partial charge in [-0.15, -0.1) is 0 Å². The van der Waals surface area contributed by atoms with Crippen molar-refractivity contribution in [1.29, 1.82) is 0 Å². The third-order valence-corrected chi connectivity index (χ3v) is 4.09. The van der Waals surface area contributed by atoms with Crippen LogP contribution in [0, 0.1) is 13.8 Å². The molecule has 0 aliphatic carbocycles. The maximum Gasteiger partial charge on any atom is 0.0475 e. The van der Waals surface area contributed by atoms with Crippen LogP contribution in [0.2, 0.25) is 0 Å². The van der Waals surface area contributed by atoms with Gasteiger partial charge >= 0.3 is 0 Å². The fraction of sp³-hybridized carbons (Fsp3) is 0.667. The van der Waals surface area contributed by atoms with E-state index in [1.165, 1.54) is 36.0 Å². The van der Waals surface area contributed by atoms with Crippen LogP contribution < -0.4 is 5.73 Å². The van der Waals surface area contributed by atoms with E-state index in [0.717, 1.165) is 6.54 Å². The smallest absolute Gasteiger partial charge is 0.0475 e. The molecule has 20 heavy (non-hydrogen) atoms. The lowest BCUT2D eigenvalue weighted by molar-refractivity contribution is 0.153. The number of hydrogen-bond acceptors (Lipinski definition) is 2. The second-order valence-electron chi connectivity index (χ2n) is 6.15. The Morgan fingerprint density at radius 2 is 1.85 bits per heavy atom. The van der Waals surface area contributed by atoms with Crippen molar-refractivity contribution in [1.82, 2.24) is 4.90 Å². The molecule has 0 saturated heterocycles. The first-order valence-corrected chi connectivity index (χ1v) is 8.04. The average molecular weight is 276 g/mol. The molecular weight excluding hydrogens is 244 g/mol. The topological polar surface area (TPSA) is 29.3 Å². The highest BCUT2D eigenvalue weighted by atomic mass is 15.2. The SMILES string of the molecule is CCCCCN(C(C)C)C(CN)c1ccc(C)cc1C. The van der Waals surface area contributed by atoms with E-state index in [2.05, 4.69) is 57.7 Å². The van der Waals surface area contributed by atoms with Crippen molar-refractivity contribution in [2.45, 2.75) is 66.0 Å². The molecule has 0 aliphatic heterocycles. The monoisotopic (exact) mass is 276 g/mol. The zero-order chi connectivity index (χ0) is 15.1. The molecule has 0 aromatic heterocycles. The average Bonchev–Trinajstić information content (AvgIpc) is 2.39. The highest BCUT2D eigenvalue weighted by molar-refractivity contribution is 5.33. The summed E-state index contributed by atoms with van der Waals surface area (Å²) in [7, 11) is 0. The number of rotatable bonds is 8. The van der Waals surface area contributed by atoms with Crippen molar-refractivity contribution in [2.24, 2.45) is 5.73 Å². The predicted octanol–water partition coefficient (Wildman–Crippen LogP) is 4.20. The van der Waals surface area contributed by atoms with E-state index >= 15 is 0 Å². The fourth-order valence-electron chi connectivity index (χ4n) is 2.96. The van der Waals surface area contributed by atoms with Gasteiger partial charge in [0, 0.05) is 18.6 Å². The van der Waals surface area contributed by atoms with Crippen molar-refractivity contribution < 1.29 is 0 Å². The standard InChI is InChI=1S/C18H32N2/c1-6-7-8-11-20(14(2)3)18(13-19)17-10-9-15(4)12-16(17)5/h9-10,12,14,18H,6-8,11,13,19H2,1-5H3. The number of nitrogens with zero attached hydrogens (tertiary/aromatic N) is 1. The van der Waals surface area contributed by atoms with E-state index in [-0.39, 0.29) is 0 Å². The van der Waals surface area contributed by atoms with Crippen LogP contribution in [0.3, 0.4) is 0 Å². The molecule has 1 rings (SSSR count). The molecule has 1 aromatic rings. The predicted molar refractivity (Wildman–Crippen MR) is 89.1 cm³/mol. The molecule has 0 heterocycles. The molecule has 0 saturated carbocycles. The van der Waals surface area contributed by atoms with Gasteiger partial charge in [0.1, 0.15) is 0 Å². The Morgan fingerprint density at radius 1 is 1.15 bits per heavy atom. The van der Waals surface area contributed by atoms with Crippen LogP contribution in [-0.2, 0) is 0 Å². The summed E-state index contributed by atoms with van der Waals surface area (Å²) in [6.07, 6.45) is 3.83. The van der Waals surface area contributed by atoms with Gasteiger partial charge in [-0.25, -0.2) is 0 Å².